The zero-order chi connectivity index (χ0) is 16.3. The number of hydrogen-bond donors (Lipinski definition) is 0. The van der Waals surface area contributed by atoms with E-state index >= 15 is 0 Å². The van der Waals surface area contributed by atoms with Gasteiger partial charge in [0.05, 0.1) is 12.7 Å². The number of aromatic nitrogens is 1. The van der Waals surface area contributed by atoms with Gasteiger partial charge >= 0.3 is 12.1 Å². The van der Waals surface area contributed by atoms with Crippen molar-refractivity contribution >= 4 is 12.1 Å². The second-order valence-electron chi connectivity index (χ2n) is 6.29. The smallest absolute Gasteiger partial charge is 0.410 e. The fourth-order valence-electron chi connectivity index (χ4n) is 2.33. The van der Waals surface area contributed by atoms with Crippen LogP contribution in [0.5, 0.6) is 0 Å². The molecule has 0 aromatic carbocycles. The van der Waals surface area contributed by atoms with Gasteiger partial charge < -0.3 is 14.4 Å². The molecule has 22 heavy (non-hydrogen) atoms. The minimum atomic E-state index is -0.507. The van der Waals surface area contributed by atoms with Crippen LogP contribution in [0.15, 0.2) is 12.3 Å². The first-order valence-electron chi connectivity index (χ1n) is 7.34. The molecule has 2 heterocycles. The third kappa shape index (κ3) is 3.96. The van der Waals surface area contributed by atoms with Crippen LogP contribution >= 0.6 is 0 Å². The van der Waals surface area contributed by atoms with Crippen molar-refractivity contribution in [1.29, 1.82) is 0 Å². The normalized spacial score (nSPS) is 14.8. The summed E-state index contributed by atoms with van der Waals surface area (Å²) < 4.78 is 10.1. The standard InChI is InChI=1S/C16H22N2O4/c1-16(2,3)22-15(20)18-7-5-11-9-12(14(19)21-4)10-17-13(11)6-8-18/h9-10H,5-8H2,1-4H3. The molecule has 1 aromatic heterocycles. The highest BCUT2D eigenvalue weighted by Crippen LogP contribution is 2.18. The lowest BCUT2D eigenvalue weighted by molar-refractivity contribution is 0.0258. The Morgan fingerprint density at radius 1 is 1.23 bits per heavy atom. The summed E-state index contributed by atoms with van der Waals surface area (Å²) in [7, 11) is 1.35. The van der Waals surface area contributed by atoms with Gasteiger partial charge in [0.1, 0.15) is 5.60 Å². The van der Waals surface area contributed by atoms with Gasteiger partial charge in [-0.1, -0.05) is 0 Å². The third-order valence-corrected chi connectivity index (χ3v) is 3.40. The zero-order valence-corrected chi connectivity index (χ0v) is 13.5. The monoisotopic (exact) mass is 306 g/mol. The van der Waals surface area contributed by atoms with Crippen molar-refractivity contribution in [3.05, 3.63) is 29.1 Å². The van der Waals surface area contributed by atoms with E-state index in [1.54, 1.807) is 11.0 Å². The third-order valence-electron chi connectivity index (χ3n) is 3.40. The fourth-order valence-corrected chi connectivity index (χ4v) is 2.33. The molecule has 0 bridgehead atoms. The Morgan fingerprint density at radius 3 is 2.55 bits per heavy atom. The summed E-state index contributed by atoms with van der Waals surface area (Å²) >= 11 is 0. The molecule has 120 valence electrons. The molecule has 0 aliphatic carbocycles. The van der Waals surface area contributed by atoms with Gasteiger partial charge in [0, 0.05) is 31.4 Å². The number of methoxy groups -OCH3 is 1. The SMILES string of the molecule is COC(=O)c1cnc2c(c1)CCN(C(=O)OC(C)(C)C)CC2. The summed E-state index contributed by atoms with van der Waals surface area (Å²) in [5.41, 5.74) is 1.83. The highest BCUT2D eigenvalue weighted by atomic mass is 16.6. The number of amides is 1. The molecule has 0 fully saturated rings. The first kappa shape index (κ1) is 16.3. The van der Waals surface area contributed by atoms with Gasteiger partial charge in [-0.15, -0.1) is 0 Å². The van der Waals surface area contributed by atoms with Gasteiger partial charge in [-0.25, -0.2) is 9.59 Å². The number of carbonyl (C=O) groups is 2. The van der Waals surface area contributed by atoms with E-state index < -0.39 is 11.6 Å². The zero-order valence-electron chi connectivity index (χ0n) is 13.5. The summed E-state index contributed by atoms with van der Waals surface area (Å²) in [5.74, 6) is -0.399. The van der Waals surface area contributed by atoms with E-state index in [1.807, 2.05) is 20.8 Å². The topological polar surface area (TPSA) is 68.7 Å². The second-order valence-corrected chi connectivity index (χ2v) is 6.29. The van der Waals surface area contributed by atoms with Crippen molar-refractivity contribution in [2.45, 2.75) is 39.2 Å². The first-order chi connectivity index (χ1) is 10.3. The van der Waals surface area contributed by atoms with Gasteiger partial charge in [0.2, 0.25) is 0 Å². The Hall–Kier alpha value is -2.11. The molecule has 2 rings (SSSR count). The maximum Gasteiger partial charge on any atom is 0.410 e. The molecule has 1 aliphatic rings. The van der Waals surface area contributed by atoms with E-state index in [4.69, 9.17) is 9.47 Å². The Kier molecular flexibility index (Phi) is 4.68. The van der Waals surface area contributed by atoms with Crippen LogP contribution in [-0.2, 0) is 22.3 Å². The molecule has 0 saturated heterocycles. The molecule has 0 N–H and O–H groups in total. The molecule has 0 saturated carbocycles. The molecule has 0 atom stereocenters. The first-order valence-corrected chi connectivity index (χ1v) is 7.34. The predicted octanol–water partition coefficient (Wildman–Crippen LogP) is 2.20. The number of carbonyl (C=O) groups excluding carboxylic acids is 2. The average molecular weight is 306 g/mol. The summed E-state index contributed by atoms with van der Waals surface area (Å²) in [5, 5.41) is 0. The van der Waals surface area contributed by atoms with Gasteiger partial charge in [-0.2, -0.15) is 0 Å². The molecule has 6 heteroatoms. The van der Waals surface area contributed by atoms with Crippen LogP contribution in [0.2, 0.25) is 0 Å². The lowest BCUT2D eigenvalue weighted by Gasteiger charge is -2.26. The molecule has 1 aromatic rings. The van der Waals surface area contributed by atoms with Crippen LogP contribution in [-0.4, -0.2) is 47.7 Å². The maximum absolute atomic E-state index is 12.1. The summed E-state index contributed by atoms with van der Waals surface area (Å²) in [4.78, 5) is 29.7. The van der Waals surface area contributed by atoms with E-state index in [-0.39, 0.29) is 6.09 Å². The minimum Gasteiger partial charge on any atom is -0.465 e. The minimum absolute atomic E-state index is 0.312. The number of pyridine rings is 1. The van der Waals surface area contributed by atoms with Crippen LogP contribution in [0.3, 0.4) is 0 Å². The number of nitrogens with zero attached hydrogens (tertiary/aromatic N) is 2. The van der Waals surface area contributed by atoms with Crippen LogP contribution < -0.4 is 0 Å². The number of hydrogen-bond acceptors (Lipinski definition) is 5. The van der Waals surface area contributed by atoms with Crippen molar-refractivity contribution in [3.63, 3.8) is 0 Å². The van der Waals surface area contributed by atoms with Crippen molar-refractivity contribution in [2.24, 2.45) is 0 Å². The molecule has 0 unspecified atom stereocenters. The number of fused-ring (bicyclic) bond motifs is 1. The van der Waals surface area contributed by atoms with Crippen molar-refractivity contribution < 1.29 is 19.1 Å². The lowest BCUT2D eigenvalue weighted by Crippen LogP contribution is -2.38. The molecule has 0 spiro atoms. The Morgan fingerprint density at radius 2 is 1.91 bits per heavy atom. The highest BCUT2D eigenvalue weighted by Gasteiger charge is 2.25. The molecular weight excluding hydrogens is 284 g/mol. The number of ether oxygens (including phenoxy) is 2. The number of esters is 1. The van der Waals surface area contributed by atoms with Gasteiger partial charge in [0.15, 0.2) is 0 Å². The van der Waals surface area contributed by atoms with Crippen molar-refractivity contribution in [3.8, 4) is 0 Å². The summed E-state index contributed by atoms with van der Waals surface area (Å²) in [6, 6.07) is 1.80. The van der Waals surface area contributed by atoms with E-state index in [1.165, 1.54) is 13.3 Å². The Bertz CT molecular complexity index is 578. The van der Waals surface area contributed by atoms with Crippen LogP contribution in [0.1, 0.15) is 42.4 Å². The van der Waals surface area contributed by atoms with Gasteiger partial charge in [0.25, 0.3) is 0 Å². The Balaban J connectivity index is 2.10. The quantitative estimate of drug-likeness (QED) is 0.744. The lowest BCUT2D eigenvalue weighted by atomic mass is 10.1. The van der Waals surface area contributed by atoms with Gasteiger partial charge in [-0.05, 0) is 38.8 Å². The van der Waals surface area contributed by atoms with Crippen LogP contribution in [0.4, 0.5) is 4.79 Å². The van der Waals surface area contributed by atoms with E-state index in [0.717, 1.165) is 11.3 Å². The van der Waals surface area contributed by atoms with Crippen LogP contribution in [0, 0.1) is 0 Å². The molecule has 6 nitrogen and oxygen atoms in total. The average Bonchev–Trinajstić information content (AvgIpc) is 2.66. The van der Waals surface area contributed by atoms with E-state index in [0.29, 0.717) is 31.5 Å². The molecule has 1 aliphatic heterocycles. The number of rotatable bonds is 1. The highest BCUT2D eigenvalue weighted by molar-refractivity contribution is 5.89. The Labute approximate surface area is 130 Å². The van der Waals surface area contributed by atoms with E-state index in [2.05, 4.69) is 4.98 Å². The molecular formula is C16H22N2O4. The summed E-state index contributed by atoms with van der Waals surface area (Å²) in [6.07, 6.45) is 2.50. The largest absolute Gasteiger partial charge is 0.465 e. The van der Waals surface area contributed by atoms with Crippen molar-refractivity contribution in [2.75, 3.05) is 20.2 Å². The maximum atomic E-state index is 12.1. The summed E-state index contributed by atoms with van der Waals surface area (Å²) in [6.45, 7) is 6.66. The second kappa shape index (κ2) is 6.34. The molecule has 0 radical (unpaired) electrons. The fraction of sp³-hybridized carbons (Fsp3) is 0.562. The molecule has 1 amide bonds. The van der Waals surface area contributed by atoms with Crippen LogP contribution in [0.25, 0.3) is 0 Å². The van der Waals surface area contributed by atoms with Gasteiger partial charge in [-0.3, -0.25) is 4.98 Å². The predicted molar refractivity (Wildman–Crippen MR) is 80.8 cm³/mol. The van der Waals surface area contributed by atoms with Crippen molar-refractivity contribution in [1.82, 2.24) is 9.88 Å². The van der Waals surface area contributed by atoms with E-state index in [9.17, 15) is 9.59 Å².